The maximum atomic E-state index is 12.6. The van der Waals surface area contributed by atoms with E-state index in [1.807, 2.05) is 36.0 Å². The molecule has 3 fully saturated rings. The number of hydrogen-bond donors (Lipinski definition) is 8. The standard InChI is InChI=1S/C53H85N11O10S/c1-36(2)63(25-11-22-56-50(69)60-38-20-18-37(19-21-38)52(3,4)5)32-40-45(67)46(68)49(74-40)64-35-59-44-39(57-34-58-48(44)64)14-7-9-16-42(65)54-23-12-26-71-28-30-73-31-29-72-27-13-24-55-43(66)17-10-8-15-41-47-53(6,33-75-41)62-51(70)61-47/h18-21,34-36,40-41,45-47,49,67-68H,7-17,22-33H2,1-6H3,(H,54,65)(H,55,66)(H2,56,60,69)(H2,61,62,70)/t40-,41+,45-,46-,47-,49-,53+/m1/s1. The Balaban J connectivity index is 0.749. The SMILES string of the molecule is CC(C)N(CCCNC(=O)Nc1ccc(C(C)(C)C)cc1)C[C@H]1O[C@@H](n2cnc3c(CCCCC(=O)NCCCOCCOCCOCCCNC(=O)CCCC[C@@H]4SC[C@]5(C)NC(=O)N[C@H]45)ncnc32)[C@H](O)[C@@H]1O. The number of aliphatic hydroxyl groups excluding tert-OH is 2. The van der Waals surface area contributed by atoms with Crippen LogP contribution in [-0.2, 0) is 40.4 Å². The third kappa shape index (κ3) is 18.5. The van der Waals surface area contributed by atoms with Crippen LogP contribution in [0.2, 0.25) is 0 Å². The molecule has 3 aliphatic heterocycles. The second-order valence-electron chi connectivity index (χ2n) is 21.4. The number of fused-ring (bicyclic) bond motifs is 2. The van der Waals surface area contributed by atoms with Crippen LogP contribution in [0.4, 0.5) is 15.3 Å². The number of unbranched alkanes of at least 4 members (excludes halogenated alkanes) is 2. The topological polar surface area (TPSA) is 265 Å². The Morgan fingerprint density at radius 2 is 1.49 bits per heavy atom. The van der Waals surface area contributed by atoms with Gasteiger partial charge in [-0.25, -0.2) is 24.5 Å². The highest BCUT2D eigenvalue weighted by Gasteiger charge is 2.51. The van der Waals surface area contributed by atoms with E-state index in [1.165, 1.54) is 11.9 Å². The smallest absolute Gasteiger partial charge is 0.319 e. The highest BCUT2D eigenvalue weighted by Crippen LogP contribution is 2.40. The fourth-order valence-corrected chi connectivity index (χ4v) is 11.3. The zero-order chi connectivity index (χ0) is 53.8. The molecule has 0 saturated carbocycles. The van der Waals surface area contributed by atoms with Crippen LogP contribution in [0.15, 0.2) is 36.9 Å². The molecule has 21 nitrogen and oxygen atoms in total. The summed E-state index contributed by atoms with van der Waals surface area (Å²) in [5, 5.41) is 40.5. The summed E-state index contributed by atoms with van der Waals surface area (Å²) in [5.41, 5.74) is 3.58. The Hall–Kier alpha value is -4.68. The predicted octanol–water partition coefficient (Wildman–Crippen LogP) is 4.56. The van der Waals surface area contributed by atoms with Gasteiger partial charge in [-0.3, -0.25) is 19.1 Å². The fraction of sp³-hybridized carbons (Fsp3) is 0.717. The van der Waals surface area contributed by atoms with E-state index in [0.717, 1.165) is 42.8 Å². The molecule has 6 rings (SSSR count). The average molecular weight is 1070 g/mol. The molecular formula is C53H85N11O10S. The Kier molecular flexibility index (Phi) is 23.6. The first-order chi connectivity index (χ1) is 36.0. The molecule has 0 unspecified atom stereocenters. The minimum Gasteiger partial charge on any atom is -0.387 e. The van der Waals surface area contributed by atoms with Gasteiger partial charge in [-0.15, -0.1) is 0 Å². The van der Waals surface area contributed by atoms with E-state index in [2.05, 4.69) is 93.3 Å². The minimum atomic E-state index is -1.21. The van der Waals surface area contributed by atoms with Gasteiger partial charge in [0.05, 0.1) is 50.0 Å². The quantitative estimate of drug-likeness (QED) is 0.0307. The van der Waals surface area contributed by atoms with Crippen LogP contribution in [0, 0.1) is 0 Å². The molecular weight excluding hydrogens is 983 g/mol. The largest absolute Gasteiger partial charge is 0.387 e. The molecule has 418 valence electrons. The third-order valence-corrected chi connectivity index (χ3v) is 15.7. The summed E-state index contributed by atoms with van der Waals surface area (Å²) >= 11 is 1.90. The lowest BCUT2D eigenvalue weighted by Crippen LogP contribution is -2.47. The summed E-state index contributed by atoms with van der Waals surface area (Å²) < 4.78 is 24.8. The van der Waals surface area contributed by atoms with E-state index in [-0.39, 0.29) is 46.9 Å². The summed E-state index contributed by atoms with van der Waals surface area (Å²) in [6.45, 7) is 18.1. The summed E-state index contributed by atoms with van der Waals surface area (Å²) in [6, 6.07) is 7.78. The van der Waals surface area contributed by atoms with E-state index in [9.17, 15) is 29.4 Å². The molecule has 2 aromatic heterocycles. The van der Waals surface area contributed by atoms with Gasteiger partial charge in [-0.1, -0.05) is 39.3 Å². The predicted molar refractivity (Wildman–Crippen MR) is 289 cm³/mol. The molecule has 3 aliphatic rings. The van der Waals surface area contributed by atoms with E-state index >= 15 is 0 Å². The average Bonchev–Trinajstić information content (AvgIpc) is 4.10. The number of anilines is 1. The number of benzene rings is 1. The fourth-order valence-electron chi connectivity index (χ4n) is 9.54. The minimum absolute atomic E-state index is 0.0233. The van der Waals surface area contributed by atoms with Gasteiger partial charge < -0.3 is 61.1 Å². The normalized spacial score (nSPS) is 22.4. The first-order valence-electron chi connectivity index (χ1n) is 27.1. The van der Waals surface area contributed by atoms with Gasteiger partial charge in [0.15, 0.2) is 11.9 Å². The lowest BCUT2D eigenvalue weighted by Gasteiger charge is -2.30. The highest BCUT2D eigenvalue weighted by atomic mass is 32.2. The van der Waals surface area contributed by atoms with Gasteiger partial charge in [0.1, 0.15) is 30.2 Å². The van der Waals surface area contributed by atoms with Crippen molar-refractivity contribution in [1.29, 1.82) is 0 Å². The molecule has 1 aromatic carbocycles. The molecule has 8 N–H and O–H groups in total. The molecule has 3 saturated heterocycles. The molecule has 6 amide bonds. The Bertz CT molecular complexity index is 2250. The highest BCUT2D eigenvalue weighted by molar-refractivity contribution is 8.00. The van der Waals surface area contributed by atoms with Crippen molar-refractivity contribution < 1.29 is 48.3 Å². The number of nitrogens with zero attached hydrogens (tertiary/aromatic N) is 5. The van der Waals surface area contributed by atoms with Crippen LogP contribution in [0.3, 0.4) is 0 Å². The third-order valence-electron chi connectivity index (χ3n) is 14.0. The van der Waals surface area contributed by atoms with E-state index < -0.39 is 24.5 Å². The number of aliphatic hydroxyl groups is 2. The maximum Gasteiger partial charge on any atom is 0.319 e. The van der Waals surface area contributed by atoms with Crippen molar-refractivity contribution in [3.63, 3.8) is 0 Å². The number of imidazole rings is 1. The first-order valence-corrected chi connectivity index (χ1v) is 28.1. The van der Waals surface area contributed by atoms with Gasteiger partial charge in [-0.2, -0.15) is 11.8 Å². The zero-order valence-electron chi connectivity index (χ0n) is 45.1. The van der Waals surface area contributed by atoms with Gasteiger partial charge in [-0.05, 0) is 95.2 Å². The lowest BCUT2D eigenvalue weighted by atomic mass is 9.87. The molecule has 0 spiro atoms. The number of carbonyl (C=O) groups excluding carboxylic acids is 4. The van der Waals surface area contributed by atoms with Crippen LogP contribution in [0.25, 0.3) is 11.2 Å². The number of ether oxygens (including phenoxy) is 4. The number of thioether (sulfide) groups is 1. The number of aryl methyl sites for hydroxylation is 1. The number of nitrogens with one attached hydrogen (secondary N) is 6. The monoisotopic (exact) mass is 1070 g/mol. The number of hydrogen-bond acceptors (Lipinski definition) is 15. The van der Waals surface area contributed by atoms with E-state index in [4.69, 9.17) is 18.9 Å². The zero-order valence-corrected chi connectivity index (χ0v) is 45.9. The number of rotatable bonds is 33. The Morgan fingerprint density at radius 3 is 2.15 bits per heavy atom. The van der Waals surface area contributed by atoms with Crippen molar-refractivity contribution in [3.05, 3.63) is 48.2 Å². The van der Waals surface area contributed by atoms with Crippen LogP contribution in [0.5, 0.6) is 0 Å². The molecule has 22 heteroatoms. The number of urea groups is 2. The number of aromatic nitrogens is 4. The molecule has 75 heavy (non-hydrogen) atoms. The number of amides is 6. The summed E-state index contributed by atoms with van der Waals surface area (Å²) in [6.07, 6.45) is 6.79. The van der Waals surface area contributed by atoms with Crippen LogP contribution in [-0.4, -0.2) is 178 Å². The van der Waals surface area contributed by atoms with E-state index in [1.54, 1.807) is 10.9 Å². The number of carbonyl (C=O) groups is 4. The van der Waals surface area contributed by atoms with Crippen molar-refractivity contribution in [2.45, 2.75) is 165 Å². The van der Waals surface area contributed by atoms with Crippen LogP contribution in [0.1, 0.15) is 123 Å². The lowest BCUT2D eigenvalue weighted by molar-refractivity contribution is -0.122. The molecule has 0 aliphatic carbocycles. The summed E-state index contributed by atoms with van der Waals surface area (Å²) in [5.74, 6) is 0.952. The summed E-state index contributed by atoms with van der Waals surface area (Å²) in [7, 11) is 0. The van der Waals surface area contributed by atoms with Gasteiger partial charge in [0, 0.05) is 81.5 Å². The maximum absolute atomic E-state index is 12.6. The van der Waals surface area contributed by atoms with Crippen molar-refractivity contribution in [1.82, 2.24) is 51.0 Å². The molecule has 5 heterocycles. The van der Waals surface area contributed by atoms with Gasteiger partial charge in [0.25, 0.3) is 0 Å². The Labute approximate surface area is 446 Å². The molecule has 0 bridgehead atoms. The van der Waals surface area contributed by atoms with Crippen molar-refractivity contribution >= 4 is 52.5 Å². The van der Waals surface area contributed by atoms with E-state index in [0.29, 0.717) is 134 Å². The van der Waals surface area contributed by atoms with Gasteiger partial charge >= 0.3 is 12.1 Å². The molecule has 0 radical (unpaired) electrons. The molecule has 3 aromatic rings. The van der Waals surface area contributed by atoms with Crippen LogP contribution < -0.4 is 31.9 Å². The van der Waals surface area contributed by atoms with Crippen LogP contribution >= 0.6 is 11.8 Å². The van der Waals surface area contributed by atoms with Gasteiger partial charge in [0.2, 0.25) is 11.8 Å². The summed E-state index contributed by atoms with van der Waals surface area (Å²) in [4.78, 5) is 64.7. The Morgan fingerprint density at radius 1 is 0.853 bits per heavy atom. The second-order valence-corrected chi connectivity index (χ2v) is 22.6. The van der Waals surface area contributed by atoms with Crippen molar-refractivity contribution in [3.8, 4) is 0 Å². The van der Waals surface area contributed by atoms with Crippen molar-refractivity contribution in [2.75, 3.05) is 83.4 Å². The second kappa shape index (κ2) is 29.7. The molecule has 7 atom stereocenters. The van der Waals surface area contributed by atoms with Crippen molar-refractivity contribution in [2.24, 2.45) is 0 Å². The first kappa shape index (κ1) is 59.6.